The molecule has 34 heavy (non-hydrogen) atoms. The van der Waals surface area contributed by atoms with E-state index in [1.54, 1.807) is 56.3 Å². The largest absolute Gasteiger partial charge is 0.482 e. The van der Waals surface area contributed by atoms with E-state index in [2.05, 4.69) is 10.1 Å². The summed E-state index contributed by atoms with van der Waals surface area (Å²) in [5, 5.41) is 9.24. The summed E-state index contributed by atoms with van der Waals surface area (Å²) in [6, 6.07) is 11.5. The molecule has 178 valence electrons. The predicted octanol–water partition coefficient (Wildman–Crippen LogP) is 2.69. The van der Waals surface area contributed by atoms with Gasteiger partial charge < -0.3 is 24.4 Å². The van der Waals surface area contributed by atoms with Crippen molar-refractivity contribution in [2.75, 3.05) is 13.2 Å². The molecule has 2 amide bonds. The van der Waals surface area contributed by atoms with Crippen LogP contribution in [0.15, 0.2) is 42.5 Å². The van der Waals surface area contributed by atoms with Gasteiger partial charge in [0.25, 0.3) is 5.91 Å². The van der Waals surface area contributed by atoms with Crippen molar-refractivity contribution < 1.29 is 33.4 Å². The fourth-order valence-corrected chi connectivity index (χ4v) is 3.38. The Morgan fingerprint density at radius 3 is 2.56 bits per heavy atom. The van der Waals surface area contributed by atoms with Gasteiger partial charge in [0.15, 0.2) is 18.8 Å². The number of esters is 1. The lowest BCUT2D eigenvalue weighted by Gasteiger charge is -2.14. The zero-order valence-electron chi connectivity index (χ0n) is 18.8. The first-order valence-corrected chi connectivity index (χ1v) is 10.6. The van der Waals surface area contributed by atoms with Gasteiger partial charge in [0.1, 0.15) is 5.75 Å². The number of ether oxygens (including phenoxy) is 3. The van der Waals surface area contributed by atoms with Gasteiger partial charge in [-0.15, -0.1) is 0 Å². The highest BCUT2D eigenvalue weighted by Gasteiger charge is 2.29. The molecule has 2 aromatic rings. The second-order valence-electron chi connectivity index (χ2n) is 7.80. The summed E-state index contributed by atoms with van der Waals surface area (Å²) in [6.07, 6.45) is -0.433. The van der Waals surface area contributed by atoms with E-state index < -0.39 is 12.1 Å². The molecule has 0 bridgehead atoms. The minimum Gasteiger partial charge on any atom is -0.482 e. The molecule has 10 heteroatoms. The van der Waals surface area contributed by atoms with Crippen molar-refractivity contribution in [2.24, 2.45) is 0 Å². The standard InChI is InChI=1S/C24H25N3O7/c1-15(2)34-22(29)13-32-19-6-4-17(5-7-19)21(28)12-27-11-18-9-16(3-8-20(18)23(27)30)10-26-24(31)33-14-25/h3-9,14-15,25H,10-13H2,1-2H3,(H,26,31). The lowest BCUT2D eigenvalue weighted by Crippen LogP contribution is -2.30. The minimum atomic E-state index is -0.745. The third-order valence-electron chi connectivity index (χ3n) is 4.89. The van der Waals surface area contributed by atoms with Gasteiger partial charge in [0.2, 0.25) is 0 Å². The zero-order valence-corrected chi connectivity index (χ0v) is 18.8. The van der Waals surface area contributed by atoms with E-state index in [1.165, 1.54) is 4.90 Å². The molecule has 0 aromatic heterocycles. The Balaban J connectivity index is 1.55. The Morgan fingerprint density at radius 1 is 1.15 bits per heavy atom. The molecule has 1 aliphatic rings. The molecule has 2 N–H and O–H groups in total. The molecule has 0 spiro atoms. The summed E-state index contributed by atoms with van der Waals surface area (Å²) in [4.78, 5) is 49.8. The van der Waals surface area contributed by atoms with Crippen LogP contribution in [-0.2, 0) is 27.4 Å². The van der Waals surface area contributed by atoms with Gasteiger partial charge in [-0.05, 0) is 55.3 Å². The van der Waals surface area contributed by atoms with Crippen LogP contribution < -0.4 is 10.1 Å². The number of nitrogens with zero attached hydrogens (tertiary/aromatic N) is 1. The summed E-state index contributed by atoms with van der Waals surface area (Å²) in [5.74, 6) is -0.530. The van der Waals surface area contributed by atoms with Crippen LogP contribution in [-0.4, -0.2) is 54.3 Å². The third kappa shape index (κ3) is 6.41. The molecule has 0 atom stereocenters. The van der Waals surface area contributed by atoms with Crippen molar-refractivity contribution >= 4 is 30.2 Å². The third-order valence-corrected chi connectivity index (χ3v) is 4.89. The second kappa shape index (κ2) is 11.1. The molecule has 0 aliphatic carbocycles. The van der Waals surface area contributed by atoms with Gasteiger partial charge in [0.05, 0.1) is 12.6 Å². The summed E-state index contributed by atoms with van der Waals surface area (Å²) in [5.41, 5.74) is 2.44. The zero-order chi connectivity index (χ0) is 24.7. The Labute approximate surface area is 196 Å². The van der Waals surface area contributed by atoms with Crippen molar-refractivity contribution in [3.05, 3.63) is 64.7 Å². The topological polar surface area (TPSA) is 135 Å². The van der Waals surface area contributed by atoms with Gasteiger partial charge in [0, 0.05) is 24.2 Å². The molecule has 0 unspecified atom stereocenters. The van der Waals surface area contributed by atoms with Crippen LogP contribution >= 0.6 is 0 Å². The lowest BCUT2D eigenvalue weighted by atomic mass is 10.1. The van der Waals surface area contributed by atoms with E-state index in [0.717, 1.165) is 11.1 Å². The van der Waals surface area contributed by atoms with Crippen LogP contribution in [0.2, 0.25) is 0 Å². The maximum atomic E-state index is 12.7. The molecular formula is C24H25N3O7. The van der Waals surface area contributed by atoms with Crippen molar-refractivity contribution in [1.82, 2.24) is 10.2 Å². The first kappa shape index (κ1) is 24.4. The van der Waals surface area contributed by atoms with E-state index >= 15 is 0 Å². The summed E-state index contributed by atoms with van der Waals surface area (Å²) >= 11 is 0. The van der Waals surface area contributed by atoms with Crippen LogP contribution in [0, 0.1) is 5.41 Å². The number of Topliss-reactive ketones (excluding diaryl/α,β-unsaturated/α-hetero) is 1. The quantitative estimate of drug-likeness (QED) is 0.237. The first-order chi connectivity index (χ1) is 16.3. The number of carbonyl (C=O) groups is 4. The average Bonchev–Trinajstić information content (AvgIpc) is 3.11. The smallest absolute Gasteiger partial charge is 0.413 e. The number of rotatable bonds is 10. The van der Waals surface area contributed by atoms with Gasteiger partial charge in [-0.25, -0.2) is 9.59 Å². The van der Waals surface area contributed by atoms with Gasteiger partial charge in [-0.2, -0.15) is 0 Å². The molecular weight excluding hydrogens is 442 g/mol. The number of amides is 2. The van der Waals surface area contributed by atoms with Crippen LogP contribution in [0.5, 0.6) is 5.75 Å². The van der Waals surface area contributed by atoms with Crippen molar-refractivity contribution in [1.29, 1.82) is 5.41 Å². The maximum absolute atomic E-state index is 12.7. The molecule has 2 aromatic carbocycles. The Morgan fingerprint density at radius 2 is 1.88 bits per heavy atom. The molecule has 0 saturated carbocycles. The maximum Gasteiger partial charge on any atom is 0.413 e. The number of hydrogen-bond acceptors (Lipinski definition) is 8. The van der Waals surface area contributed by atoms with Gasteiger partial charge >= 0.3 is 12.1 Å². The van der Waals surface area contributed by atoms with E-state index in [0.29, 0.717) is 23.3 Å². The first-order valence-electron chi connectivity index (χ1n) is 10.6. The Bertz CT molecular complexity index is 1100. The van der Waals surface area contributed by atoms with Crippen LogP contribution in [0.3, 0.4) is 0 Å². The minimum absolute atomic E-state index is 0.0896. The van der Waals surface area contributed by atoms with Crippen molar-refractivity contribution in [3.8, 4) is 5.75 Å². The molecule has 0 radical (unpaired) electrons. The Hall–Kier alpha value is -4.21. The van der Waals surface area contributed by atoms with E-state index in [-0.39, 0.29) is 44.0 Å². The van der Waals surface area contributed by atoms with Gasteiger partial charge in [-0.3, -0.25) is 15.0 Å². The number of carbonyl (C=O) groups excluding carboxylic acids is 4. The van der Waals surface area contributed by atoms with Crippen LogP contribution in [0.1, 0.15) is 45.7 Å². The number of hydrogen-bond donors (Lipinski definition) is 2. The highest BCUT2D eigenvalue weighted by atomic mass is 16.6. The number of alkyl carbamates (subject to hydrolysis) is 1. The van der Waals surface area contributed by atoms with E-state index in [4.69, 9.17) is 14.9 Å². The summed E-state index contributed by atoms with van der Waals surface area (Å²) in [7, 11) is 0. The highest BCUT2D eigenvalue weighted by molar-refractivity contribution is 6.04. The lowest BCUT2D eigenvalue weighted by molar-refractivity contribution is -0.149. The SMILES string of the molecule is CC(C)OC(=O)COc1ccc(C(=O)CN2Cc3cc(CNC(=O)OC=N)ccc3C2=O)cc1. The molecule has 1 heterocycles. The number of fused-ring (bicyclic) bond motifs is 1. The van der Waals surface area contributed by atoms with Crippen molar-refractivity contribution in [3.63, 3.8) is 0 Å². The Kier molecular flexibility index (Phi) is 7.96. The number of benzene rings is 2. The van der Waals surface area contributed by atoms with Gasteiger partial charge in [-0.1, -0.05) is 12.1 Å². The summed E-state index contributed by atoms with van der Waals surface area (Å²) in [6.45, 7) is 3.63. The number of ketones is 1. The molecule has 0 saturated heterocycles. The summed E-state index contributed by atoms with van der Waals surface area (Å²) < 4.78 is 14.7. The normalized spacial score (nSPS) is 12.2. The fourth-order valence-electron chi connectivity index (χ4n) is 3.38. The molecule has 0 fully saturated rings. The van der Waals surface area contributed by atoms with E-state index in [1.807, 2.05) is 0 Å². The molecule has 3 rings (SSSR count). The van der Waals surface area contributed by atoms with Crippen LogP contribution in [0.4, 0.5) is 4.79 Å². The molecule has 1 aliphatic heterocycles. The number of nitrogens with one attached hydrogen (secondary N) is 2. The average molecular weight is 467 g/mol. The highest BCUT2D eigenvalue weighted by Crippen LogP contribution is 2.24. The fraction of sp³-hybridized carbons (Fsp3) is 0.292. The predicted molar refractivity (Wildman–Crippen MR) is 121 cm³/mol. The van der Waals surface area contributed by atoms with E-state index in [9.17, 15) is 19.2 Å². The van der Waals surface area contributed by atoms with Crippen molar-refractivity contribution in [2.45, 2.75) is 33.0 Å². The van der Waals surface area contributed by atoms with Crippen LogP contribution in [0.25, 0.3) is 0 Å². The molecule has 10 nitrogen and oxygen atoms in total. The second-order valence-corrected chi connectivity index (χ2v) is 7.80. The monoisotopic (exact) mass is 467 g/mol.